The van der Waals surface area contributed by atoms with Crippen LogP contribution >= 0.6 is 0 Å². The number of hydrogen-bond donors (Lipinski definition) is 1. The van der Waals surface area contributed by atoms with Gasteiger partial charge in [0.1, 0.15) is 6.10 Å². The molecule has 4 rings (SSSR count). The van der Waals surface area contributed by atoms with Crippen LogP contribution in [0.15, 0.2) is 72.8 Å². The van der Waals surface area contributed by atoms with Gasteiger partial charge in [0.2, 0.25) is 0 Å². The number of alkyl carbamates (subject to hydrolysis) is 1. The van der Waals surface area contributed by atoms with Crippen molar-refractivity contribution in [2.75, 3.05) is 0 Å². The molecule has 0 saturated carbocycles. The topological polar surface area (TPSA) is 38.3 Å². The molecule has 0 unspecified atom stereocenters. The van der Waals surface area contributed by atoms with Gasteiger partial charge < -0.3 is 10.1 Å². The van der Waals surface area contributed by atoms with E-state index in [2.05, 4.69) is 35.6 Å². The monoisotopic (exact) mass is 303 g/mol. The van der Waals surface area contributed by atoms with Crippen molar-refractivity contribution in [3.8, 4) is 0 Å². The number of carbonyl (C=O) groups excluding carboxylic acids is 1. The van der Waals surface area contributed by atoms with E-state index in [1.54, 1.807) is 0 Å². The van der Waals surface area contributed by atoms with Gasteiger partial charge in [-0.2, -0.15) is 0 Å². The van der Waals surface area contributed by atoms with Crippen LogP contribution in [0.5, 0.6) is 0 Å². The van der Waals surface area contributed by atoms with E-state index >= 15 is 0 Å². The first-order valence-electron chi connectivity index (χ1n) is 7.80. The first-order valence-corrected chi connectivity index (χ1v) is 7.80. The minimum atomic E-state index is -0.358. The van der Waals surface area contributed by atoms with E-state index in [0.29, 0.717) is 0 Å². The highest BCUT2D eigenvalue weighted by Crippen LogP contribution is 2.34. The van der Waals surface area contributed by atoms with E-state index in [-0.39, 0.29) is 18.2 Å². The summed E-state index contributed by atoms with van der Waals surface area (Å²) in [5.74, 6) is 0. The minimum absolute atomic E-state index is 0.0361. The average Bonchev–Trinajstić information content (AvgIpc) is 2.61. The van der Waals surface area contributed by atoms with Crippen molar-refractivity contribution < 1.29 is 9.53 Å². The molecule has 0 radical (unpaired) electrons. The maximum atomic E-state index is 12.0. The molecule has 3 aromatic carbocycles. The third kappa shape index (κ3) is 2.78. The van der Waals surface area contributed by atoms with Crippen LogP contribution in [0.2, 0.25) is 0 Å². The van der Waals surface area contributed by atoms with Crippen LogP contribution in [0.1, 0.15) is 29.7 Å². The molecule has 1 amide bonds. The first-order chi connectivity index (χ1) is 11.3. The largest absolute Gasteiger partial charge is 0.441 e. The highest BCUT2D eigenvalue weighted by molar-refractivity contribution is 5.83. The molecule has 23 heavy (non-hydrogen) atoms. The van der Waals surface area contributed by atoms with Gasteiger partial charge in [-0.15, -0.1) is 0 Å². The molecular formula is C20H17NO2. The zero-order valence-corrected chi connectivity index (χ0v) is 12.6. The summed E-state index contributed by atoms with van der Waals surface area (Å²) in [4.78, 5) is 12.0. The Bertz CT molecular complexity index is 844. The fourth-order valence-corrected chi connectivity index (χ4v) is 3.14. The second-order valence-corrected chi connectivity index (χ2v) is 5.84. The summed E-state index contributed by atoms with van der Waals surface area (Å²) in [7, 11) is 0. The molecule has 2 atom stereocenters. The van der Waals surface area contributed by atoms with Crippen molar-refractivity contribution in [2.45, 2.75) is 18.6 Å². The molecule has 3 aromatic rings. The molecule has 3 nitrogen and oxygen atoms in total. The molecule has 0 spiro atoms. The number of ether oxygens (including phenoxy) is 1. The predicted octanol–water partition coefficient (Wildman–Crippen LogP) is 4.75. The lowest BCUT2D eigenvalue weighted by atomic mass is 9.94. The van der Waals surface area contributed by atoms with Crippen LogP contribution in [0, 0.1) is 0 Å². The molecule has 3 heteroatoms. The molecule has 1 aliphatic rings. The first kappa shape index (κ1) is 13.8. The zero-order valence-electron chi connectivity index (χ0n) is 12.6. The second kappa shape index (κ2) is 5.76. The van der Waals surface area contributed by atoms with Crippen molar-refractivity contribution >= 4 is 16.9 Å². The normalized spacial score (nSPS) is 20.8. The summed E-state index contributed by atoms with van der Waals surface area (Å²) < 4.78 is 5.46. The lowest BCUT2D eigenvalue weighted by Crippen LogP contribution is -2.37. The Hall–Kier alpha value is -2.81. The number of amides is 1. The third-order valence-corrected chi connectivity index (χ3v) is 4.34. The average molecular weight is 303 g/mol. The summed E-state index contributed by atoms with van der Waals surface area (Å²) in [5.41, 5.74) is 2.15. The predicted molar refractivity (Wildman–Crippen MR) is 90.1 cm³/mol. The number of nitrogens with one attached hydrogen (secondary N) is 1. The third-order valence-electron chi connectivity index (χ3n) is 4.34. The number of benzene rings is 3. The van der Waals surface area contributed by atoms with Gasteiger partial charge in [-0.3, -0.25) is 0 Å². The van der Waals surface area contributed by atoms with E-state index < -0.39 is 0 Å². The summed E-state index contributed by atoms with van der Waals surface area (Å²) in [6.07, 6.45) is 0.165. The SMILES string of the molecule is O=C1N[C@H](c2ccc3ccccc3c2)C[C@H](c2ccccc2)O1. The van der Waals surface area contributed by atoms with Gasteiger partial charge in [-0.05, 0) is 28.0 Å². The summed E-state index contributed by atoms with van der Waals surface area (Å²) in [6, 6.07) is 24.4. The fraction of sp³-hybridized carbons (Fsp3) is 0.150. The Morgan fingerprint density at radius 1 is 0.826 bits per heavy atom. The molecular weight excluding hydrogens is 286 g/mol. The maximum Gasteiger partial charge on any atom is 0.408 e. The number of fused-ring (bicyclic) bond motifs is 1. The summed E-state index contributed by atoms with van der Waals surface area (Å²) >= 11 is 0. The quantitative estimate of drug-likeness (QED) is 0.741. The second-order valence-electron chi connectivity index (χ2n) is 5.84. The Kier molecular flexibility index (Phi) is 3.46. The Morgan fingerprint density at radius 3 is 2.39 bits per heavy atom. The van der Waals surface area contributed by atoms with Crippen LogP contribution < -0.4 is 5.32 Å². The number of rotatable bonds is 2. The van der Waals surface area contributed by atoms with Gasteiger partial charge in [-0.1, -0.05) is 66.7 Å². The molecule has 0 aliphatic carbocycles. The molecule has 1 saturated heterocycles. The lowest BCUT2D eigenvalue weighted by molar-refractivity contribution is 0.0581. The van der Waals surface area contributed by atoms with E-state index in [0.717, 1.165) is 17.5 Å². The molecule has 1 N–H and O–H groups in total. The number of carbonyl (C=O) groups is 1. The van der Waals surface area contributed by atoms with E-state index in [9.17, 15) is 4.79 Å². The summed E-state index contributed by atoms with van der Waals surface area (Å²) in [6.45, 7) is 0. The fourth-order valence-electron chi connectivity index (χ4n) is 3.14. The smallest absolute Gasteiger partial charge is 0.408 e. The molecule has 0 aromatic heterocycles. The van der Waals surface area contributed by atoms with Gasteiger partial charge in [0.05, 0.1) is 6.04 Å². The standard InChI is InChI=1S/C20H17NO2/c22-20-21-18(13-19(23-20)15-7-2-1-3-8-15)17-11-10-14-6-4-5-9-16(14)12-17/h1-12,18-19H,13H2,(H,21,22)/t18-,19+/m0/s1. The minimum Gasteiger partial charge on any atom is -0.441 e. The van der Waals surface area contributed by atoms with Crippen molar-refractivity contribution in [3.05, 3.63) is 83.9 Å². The van der Waals surface area contributed by atoms with Crippen molar-refractivity contribution in [1.82, 2.24) is 5.32 Å². The van der Waals surface area contributed by atoms with E-state index in [1.807, 2.05) is 42.5 Å². The van der Waals surface area contributed by atoms with Gasteiger partial charge in [0.25, 0.3) is 0 Å². The van der Waals surface area contributed by atoms with Gasteiger partial charge in [0, 0.05) is 6.42 Å². The number of cyclic esters (lactones) is 1. The Morgan fingerprint density at radius 2 is 1.57 bits per heavy atom. The van der Waals surface area contributed by atoms with Gasteiger partial charge >= 0.3 is 6.09 Å². The number of hydrogen-bond acceptors (Lipinski definition) is 2. The van der Waals surface area contributed by atoms with E-state index in [4.69, 9.17) is 4.74 Å². The van der Waals surface area contributed by atoms with Crippen molar-refractivity contribution in [2.24, 2.45) is 0 Å². The maximum absolute atomic E-state index is 12.0. The molecule has 1 aliphatic heterocycles. The Balaban J connectivity index is 1.65. The van der Waals surface area contributed by atoms with Crippen LogP contribution in [-0.2, 0) is 4.74 Å². The van der Waals surface area contributed by atoms with E-state index in [1.165, 1.54) is 10.8 Å². The van der Waals surface area contributed by atoms with Crippen LogP contribution in [0.4, 0.5) is 4.79 Å². The van der Waals surface area contributed by atoms with Crippen LogP contribution in [0.3, 0.4) is 0 Å². The summed E-state index contributed by atoms with van der Waals surface area (Å²) in [5, 5.41) is 5.32. The molecule has 0 bridgehead atoms. The molecule has 1 fully saturated rings. The highest BCUT2D eigenvalue weighted by atomic mass is 16.6. The zero-order chi connectivity index (χ0) is 15.6. The Labute approximate surface area is 134 Å². The van der Waals surface area contributed by atoms with Crippen LogP contribution in [-0.4, -0.2) is 6.09 Å². The van der Waals surface area contributed by atoms with Crippen molar-refractivity contribution in [1.29, 1.82) is 0 Å². The van der Waals surface area contributed by atoms with Gasteiger partial charge in [-0.25, -0.2) is 4.79 Å². The molecule has 114 valence electrons. The highest BCUT2D eigenvalue weighted by Gasteiger charge is 2.29. The van der Waals surface area contributed by atoms with Crippen molar-refractivity contribution in [3.63, 3.8) is 0 Å². The molecule has 1 heterocycles. The van der Waals surface area contributed by atoms with Gasteiger partial charge in [0.15, 0.2) is 0 Å². The van der Waals surface area contributed by atoms with Crippen LogP contribution in [0.25, 0.3) is 10.8 Å². The lowest BCUT2D eigenvalue weighted by Gasteiger charge is -2.30.